The molecule has 1 aromatic rings. The Kier molecular flexibility index (Phi) is 4.90. The van der Waals surface area contributed by atoms with Crippen LogP contribution in [0.2, 0.25) is 10.0 Å². The van der Waals surface area contributed by atoms with Gasteiger partial charge in [-0.15, -0.1) is 0 Å². The fourth-order valence-corrected chi connectivity index (χ4v) is 1.61. The van der Waals surface area contributed by atoms with E-state index in [1.165, 1.54) is 12.1 Å². The lowest BCUT2D eigenvalue weighted by Crippen LogP contribution is -2.06. The average Bonchev–Trinajstić information content (AvgIpc) is 2.23. The van der Waals surface area contributed by atoms with Crippen LogP contribution in [0.3, 0.4) is 0 Å². The molecule has 0 aliphatic rings. The Hall–Kier alpha value is -0.930. The minimum absolute atomic E-state index is 0.247. The second-order valence-corrected chi connectivity index (χ2v) is 3.73. The monoisotopic (exact) mass is 262 g/mol. The third kappa shape index (κ3) is 3.03. The minimum atomic E-state index is -0.488. The molecule has 0 radical (unpaired) electrons. The van der Waals surface area contributed by atoms with E-state index in [-0.39, 0.29) is 10.6 Å². The lowest BCUT2D eigenvalue weighted by Gasteiger charge is -2.09. The Bertz CT molecular complexity index is 391. The van der Waals surface area contributed by atoms with Crippen molar-refractivity contribution >= 4 is 29.2 Å². The number of rotatable bonds is 4. The summed E-state index contributed by atoms with van der Waals surface area (Å²) in [7, 11) is 0. The molecule has 0 unspecified atom stereocenters. The lowest BCUT2D eigenvalue weighted by atomic mass is 10.2. The predicted octanol–water partition coefficient (Wildman–Crippen LogP) is 3.57. The summed E-state index contributed by atoms with van der Waals surface area (Å²) >= 11 is 11.9. The van der Waals surface area contributed by atoms with Gasteiger partial charge >= 0.3 is 5.97 Å². The van der Waals surface area contributed by atoms with E-state index in [0.29, 0.717) is 24.0 Å². The van der Waals surface area contributed by atoms with Crippen molar-refractivity contribution in [3.05, 3.63) is 27.7 Å². The number of hydrogen-bond acceptors (Lipinski definition) is 3. The molecule has 5 heteroatoms. The van der Waals surface area contributed by atoms with Crippen LogP contribution in [-0.2, 0) is 4.74 Å². The van der Waals surface area contributed by atoms with Gasteiger partial charge in [0.2, 0.25) is 0 Å². The number of halogens is 2. The first kappa shape index (κ1) is 13.1. The number of ether oxygens (including phenoxy) is 2. The van der Waals surface area contributed by atoms with Crippen LogP contribution in [0.1, 0.15) is 24.2 Å². The molecule has 3 nitrogen and oxygen atoms in total. The molecular formula is C11H12Cl2O3. The third-order valence-corrected chi connectivity index (χ3v) is 2.42. The second-order valence-electron chi connectivity index (χ2n) is 2.92. The molecule has 0 fully saturated rings. The van der Waals surface area contributed by atoms with E-state index >= 15 is 0 Å². The van der Waals surface area contributed by atoms with Gasteiger partial charge in [-0.1, -0.05) is 23.2 Å². The van der Waals surface area contributed by atoms with Gasteiger partial charge in [-0.3, -0.25) is 0 Å². The molecule has 0 bridgehead atoms. The van der Waals surface area contributed by atoms with Crippen LogP contribution < -0.4 is 4.74 Å². The van der Waals surface area contributed by atoms with Crippen LogP contribution in [-0.4, -0.2) is 19.2 Å². The normalized spacial score (nSPS) is 10.0. The maximum atomic E-state index is 11.5. The van der Waals surface area contributed by atoms with Gasteiger partial charge in [0.1, 0.15) is 5.75 Å². The van der Waals surface area contributed by atoms with Gasteiger partial charge in [0.05, 0.1) is 28.8 Å². The first-order valence-corrected chi connectivity index (χ1v) is 5.64. The largest absolute Gasteiger partial charge is 0.492 e. The molecule has 0 aromatic heterocycles. The van der Waals surface area contributed by atoms with Gasteiger partial charge in [0.15, 0.2) is 0 Å². The standard InChI is InChI=1S/C11H12Cl2O3/c1-3-15-10-6-8(12)7(5-9(10)13)11(14)16-4-2/h5-6H,3-4H2,1-2H3. The molecule has 0 saturated carbocycles. The Morgan fingerprint density at radius 3 is 2.44 bits per heavy atom. The van der Waals surface area contributed by atoms with Crippen molar-refractivity contribution in [2.24, 2.45) is 0 Å². The summed E-state index contributed by atoms with van der Waals surface area (Å²) in [5, 5.41) is 0.612. The molecule has 0 heterocycles. The first-order chi connectivity index (χ1) is 7.60. The van der Waals surface area contributed by atoms with Gasteiger partial charge in [-0.05, 0) is 19.9 Å². The van der Waals surface area contributed by atoms with Crippen LogP contribution in [0.5, 0.6) is 5.75 Å². The van der Waals surface area contributed by atoms with Crippen LogP contribution in [0.25, 0.3) is 0 Å². The van der Waals surface area contributed by atoms with E-state index in [2.05, 4.69) is 0 Å². The van der Waals surface area contributed by atoms with Crippen LogP contribution in [0.15, 0.2) is 12.1 Å². The molecule has 0 amide bonds. The average molecular weight is 263 g/mol. The van der Waals surface area contributed by atoms with E-state index in [4.69, 9.17) is 32.7 Å². The van der Waals surface area contributed by atoms with Gasteiger partial charge in [0.25, 0.3) is 0 Å². The van der Waals surface area contributed by atoms with Crippen molar-refractivity contribution < 1.29 is 14.3 Å². The quantitative estimate of drug-likeness (QED) is 0.779. The van der Waals surface area contributed by atoms with Crippen molar-refractivity contribution in [1.82, 2.24) is 0 Å². The van der Waals surface area contributed by atoms with E-state index in [0.717, 1.165) is 0 Å². The first-order valence-electron chi connectivity index (χ1n) is 4.89. The van der Waals surface area contributed by atoms with E-state index in [9.17, 15) is 4.79 Å². The van der Waals surface area contributed by atoms with E-state index < -0.39 is 5.97 Å². The number of benzene rings is 1. The molecule has 1 rings (SSSR count). The van der Waals surface area contributed by atoms with Crippen LogP contribution in [0.4, 0.5) is 0 Å². The molecular weight excluding hydrogens is 251 g/mol. The molecule has 0 saturated heterocycles. The fourth-order valence-electron chi connectivity index (χ4n) is 1.16. The van der Waals surface area contributed by atoms with Gasteiger partial charge < -0.3 is 9.47 Å². The molecule has 0 aliphatic heterocycles. The van der Waals surface area contributed by atoms with Crippen LogP contribution in [0, 0.1) is 0 Å². The minimum Gasteiger partial charge on any atom is -0.492 e. The molecule has 0 atom stereocenters. The zero-order chi connectivity index (χ0) is 12.1. The van der Waals surface area contributed by atoms with Crippen molar-refractivity contribution in [3.8, 4) is 5.75 Å². The summed E-state index contributed by atoms with van der Waals surface area (Å²) in [4.78, 5) is 11.5. The summed E-state index contributed by atoms with van der Waals surface area (Å²) < 4.78 is 10.1. The molecule has 0 N–H and O–H groups in total. The highest BCUT2D eigenvalue weighted by Gasteiger charge is 2.15. The summed E-state index contributed by atoms with van der Waals surface area (Å²) in [6, 6.07) is 2.96. The number of carbonyl (C=O) groups excluding carboxylic acids is 1. The third-order valence-electron chi connectivity index (χ3n) is 1.82. The molecule has 0 aliphatic carbocycles. The maximum absolute atomic E-state index is 11.5. The number of carbonyl (C=O) groups is 1. The summed E-state index contributed by atoms with van der Waals surface area (Å²) in [6.07, 6.45) is 0. The predicted molar refractivity (Wildman–Crippen MR) is 63.6 cm³/mol. The maximum Gasteiger partial charge on any atom is 0.339 e. The van der Waals surface area contributed by atoms with Crippen molar-refractivity contribution in [2.75, 3.05) is 13.2 Å². The second kappa shape index (κ2) is 5.97. The number of esters is 1. The number of hydrogen-bond donors (Lipinski definition) is 0. The molecule has 1 aromatic carbocycles. The van der Waals surface area contributed by atoms with Gasteiger partial charge in [0, 0.05) is 6.07 Å². The van der Waals surface area contributed by atoms with Crippen molar-refractivity contribution in [3.63, 3.8) is 0 Å². The Morgan fingerprint density at radius 2 is 1.88 bits per heavy atom. The Labute approximate surface area is 104 Å². The topological polar surface area (TPSA) is 35.5 Å². The molecule has 16 heavy (non-hydrogen) atoms. The van der Waals surface area contributed by atoms with Crippen LogP contribution >= 0.6 is 23.2 Å². The van der Waals surface area contributed by atoms with Gasteiger partial charge in [-0.25, -0.2) is 4.79 Å². The van der Waals surface area contributed by atoms with Crippen molar-refractivity contribution in [2.45, 2.75) is 13.8 Å². The highest BCUT2D eigenvalue weighted by molar-refractivity contribution is 6.36. The van der Waals surface area contributed by atoms with E-state index in [1.54, 1.807) is 6.92 Å². The highest BCUT2D eigenvalue weighted by Crippen LogP contribution is 2.31. The smallest absolute Gasteiger partial charge is 0.339 e. The summed E-state index contributed by atoms with van der Waals surface area (Å²) in [5.41, 5.74) is 0.247. The summed E-state index contributed by atoms with van der Waals surface area (Å²) in [5.74, 6) is -0.0281. The van der Waals surface area contributed by atoms with Gasteiger partial charge in [-0.2, -0.15) is 0 Å². The Balaban J connectivity index is 3.05. The lowest BCUT2D eigenvalue weighted by molar-refractivity contribution is 0.0526. The summed E-state index contributed by atoms with van der Waals surface area (Å²) in [6.45, 7) is 4.33. The molecule has 0 spiro atoms. The Morgan fingerprint density at radius 1 is 1.19 bits per heavy atom. The van der Waals surface area contributed by atoms with E-state index in [1.807, 2.05) is 6.92 Å². The zero-order valence-corrected chi connectivity index (χ0v) is 10.6. The fraction of sp³-hybridized carbons (Fsp3) is 0.364. The highest BCUT2D eigenvalue weighted by atomic mass is 35.5. The SMILES string of the molecule is CCOC(=O)c1cc(Cl)c(OCC)cc1Cl. The zero-order valence-electron chi connectivity index (χ0n) is 9.05. The van der Waals surface area contributed by atoms with Crippen molar-refractivity contribution in [1.29, 1.82) is 0 Å². The molecule has 88 valence electrons.